The second-order valence-electron chi connectivity index (χ2n) is 4.59. The van der Waals surface area contributed by atoms with Gasteiger partial charge >= 0.3 is 0 Å². The zero-order valence-corrected chi connectivity index (χ0v) is 10.3. The van der Waals surface area contributed by atoms with Crippen LogP contribution in [0.2, 0.25) is 0 Å². The second kappa shape index (κ2) is 4.38. The van der Waals surface area contributed by atoms with Crippen molar-refractivity contribution in [2.75, 3.05) is 6.79 Å². The average Bonchev–Trinajstić information content (AvgIpc) is 2.95. The van der Waals surface area contributed by atoms with E-state index in [1.54, 1.807) is 0 Å². The van der Waals surface area contributed by atoms with Gasteiger partial charge in [-0.25, -0.2) is 0 Å². The smallest absolute Gasteiger partial charge is 0.231 e. The Kier molecular flexibility index (Phi) is 2.72. The minimum Gasteiger partial charge on any atom is -0.454 e. The number of nitrogens with zero attached hydrogens (tertiary/aromatic N) is 1. The number of nitrogens with two attached hydrogens (primary N) is 1. The van der Waals surface area contributed by atoms with Crippen LogP contribution in [0.5, 0.6) is 11.5 Å². The first-order chi connectivity index (χ1) is 8.74. The van der Waals surface area contributed by atoms with Crippen LogP contribution in [0.15, 0.2) is 36.5 Å². The van der Waals surface area contributed by atoms with E-state index >= 15 is 0 Å². The van der Waals surface area contributed by atoms with Gasteiger partial charge in [0.15, 0.2) is 11.5 Å². The van der Waals surface area contributed by atoms with Crippen molar-refractivity contribution in [2.45, 2.75) is 19.4 Å². The van der Waals surface area contributed by atoms with Gasteiger partial charge in [-0.05, 0) is 31.2 Å². The molecule has 1 aliphatic heterocycles. The molecule has 0 spiro atoms. The van der Waals surface area contributed by atoms with Crippen LogP contribution in [0.3, 0.4) is 0 Å². The van der Waals surface area contributed by atoms with E-state index < -0.39 is 0 Å². The molecule has 0 saturated heterocycles. The van der Waals surface area contributed by atoms with E-state index in [1.807, 2.05) is 37.4 Å². The Balaban J connectivity index is 1.97. The van der Waals surface area contributed by atoms with Gasteiger partial charge in [-0.2, -0.15) is 0 Å². The Morgan fingerprint density at radius 2 is 2.11 bits per heavy atom. The molecule has 18 heavy (non-hydrogen) atoms. The van der Waals surface area contributed by atoms with Crippen molar-refractivity contribution < 1.29 is 9.47 Å². The highest BCUT2D eigenvalue weighted by Crippen LogP contribution is 2.34. The molecule has 0 aliphatic carbocycles. The zero-order valence-electron chi connectivity index (χ0n) is 10.3. The Hall–Kier alpha value is -1.94. The number of fused-ring (bicyclic) bond motifs is 1. The third-order valence-electron chi connectivity index (χ3n) is 3.00. The van der Waals surface area contributed by atoms with Gasteiger partial charge in [0, 0.05) is 36.1 Å². The summed E-state index contributed by atoms with van der Waals surface area (Å²) in [5, 5.41) is 0. The minimum absolute atomic E-state index is 0.146. The van der Waals surface area contributed by atoms with E-state index in [1.165, 1.54) is 5.69 Å². The molecular formula is C14H16N2O2. The number of hydrogen-bond acceptors (Lipinski definition) is 3. The van der Waals surface area contributed by atoms with Crippen LogP contribution >= 0.6 is 0 Å². The maximum Gasteiger partial charge on any atom is 0.231 e. The van der Waals surface area contributed by atoms with Gasteiger partial charge in [0.25, 0.3) is 0 Å². The van der Waals surface area contributed by atoms with E-state index in [0.29, 0.717) is 6.79 Å². The second-order valence-corrected chi connectivity index (χ2v) is 4.59. The fourth-order valence-corrected chi connectivity index (χ4v) is 2.20. The topological polar surface area (TPSA) is 49.4 Å². The van der Waals surface area contributed by atoms with Crippen molar-refractivity contribution in [3.63, 3.8) is 0 Å². The first-order valence-electron chi connectivity index (χ1n) is 6.06. The summed E-state index contributed by atoms with van der Waals surface area (Å²) in [4.78, 5) is 0. The molecule has 0 saturated carbocycles. The third kappa shape index (κ3) is 1.95. The Morgan fingerprint density at radius 3 is 2.94 bits per heavy atom. The summed E-state index contributed by atoms with van der Waals surface area (Å²) in [5.74, 6) is 1.60. The normalized spacial score (nSPS) is 14.8. The van der Waals surface area contributed by atoms with E-state index in [9.17, 15) is 0 Å². The molecule has 94 valence electrons. The van der Waals surface area contributed by atoms with Crippen LogP contribution in [0, 0.1) is 0 Å². The highest BCUT2D eigenvalue weighted by atomic mass is 16.7. The molecule has 0 bridgehead atoms. The molecule has 0 radical (unpaired) electrons. The lowest BCUT2D eigenvalue weighted by Gasteiger charge is -2.11. The largest absolute Gasteiger partial charge is 0.454 e. The lowest BCUT2D eigenvalue weighted by Crippen LogP contribution is -2.19. The van der Waals surface area contributed by atoms with Crippen molar-refractivity contribution in [2.24, 2.45) is 5.73 Å². The van der Waals surface area contributed by atoms with E-state index in [4.69, 9.17) is 15.2 Å². The summed E-state index contributed by atoms with van der Waals surface area (Å²) in [6, 6.07) is 10.2. The molecule has 2 heterocycles. The number of hydrogen-bond donors (Lipinski definition) is 1. The van der Waals surface area contributed by atoms with Gasteiger partial charge in [0.2, 0.25) is 6.79 Å². The number of benzene rings is 1. The van der Waals surface area contributed by atoms with Gasteiger partial charge in [-0.15, -0.1) is 0 Å². The summed E-state index contributed by atoms with van der Waals surface area (Å²) in [6.45, 7) is 2.31. The Bertz CT molecular complexity index is 561. The molecule has 2 N–H and O–H groups in total. The molecule has 2 aromatic rings. The molecule has 4 heteroatoms. The fourth-order valence-electron chi connectivity index (χ4n) is 2.20. The SMILES string of the molecule is CC(N)Cc1cccn1-c1ccc2c(c1)OCO2. The van der Waals surface area contributed by atoms with Gasteiger partial charge in [-0.3, -0.25) is 0 Å². The lowest BCUT2D eigenvalue weighted by molar-refractivity contribution is 0.174. The first kappa shape index (κ1) is 11.2. The highest BCUT2D eigenvalue weighted by molar-refractivity contribution is 5.50. The Morgan fingerprint density at radius 1 is 1.28 bits per heavy atom. The fraction of sp³-hybridized carbons (Fsp3) is 0.286. The van der Waals surface area contributed by atoms with Crippen molar-refractivity contribution >= 4 is 0 Å². The minimum atomic E-state index is 0.146. The first-order valence-corrected chi connectivity index (χ1v) is 6.06. The zero-order chi connectivity index (χ0) is 12.5. The summed E-state index contributed by atoms with van der Waals surface area (Å²) >= 11 is 0. The molecule has 1 unspecified atom stereocenters. The van der Waals surface area contributed by atoms with Crippen LogP contribution in [0.25, 0.3) is 5.69 Å². The van der Waals surface area contributed by atoms with Crippen molar-refractivity contribution in [3.05, 3.63) is 42.2 Å². The van der Waals surface area contributed by atoms with Crippen molar-refractivity contribution in [3.8, 4) is 17.2 Å². The molecule has 1 aromatic carbocycles. The van der Waals surface area contributed by atoms with Gasteiger partial charge < -0.3 is 19.8 Å². The maximum absolute atomic E-state index is 5.86. The average molecular weight is 244 g/mol. The molecule has 1 atom stereocenters. The molecule has 1 aliphatic rings. The van der Waals surface area contributed by atoms with Crippen molar-refractivity contribution in [1.82, 2.24) is 4.57 Å². The third-order valence-corrected chi connectivity index (χ3v) is 3.00. The summed E-state index contributed by atoms with van der Waals surface area (Å²) in [6.07, 6.45) is 2.89. The van der Waals surface area contributed by atoms with Crippen LogP contribution in [-0.2, 0) is 6.42 Å². The summed E-state index contributed by atoms with van der Waals surface area (Å²) in [5.41, 5.74) is 8.13. The Labute approximate surface area is 106 Å². The van der Waals surface area contributed by atoms with Crippen LogP contribution in [0.4, 0.5) is 0 Å². The van der Waals surface area contributed by atoms with Gasteiger partial charge in [0.05, 0.1) is 0 Å². The molecule has 0 fully saturated rings. The maximum atomic E-state index is 5.86. The van der Waals surface area contributed by atoms with Gasteiger partial charge in [0.1, 0.15) is 0 Å². The predicted octanol–water partition coefficient (Wildman–Crippen LogP) is 2.10. The van der Waals surface area contributed by atoms with E-state index in [2.05, 4.69) is 10.6 Å². The van der Waals surface area contributed by atoms with Crippen LogP contribution in [-0.4, -0.2) is 17.4 Å². The van der Waals surface area contributed by atoms with Crippen LogP contribution < -0.4 is 15.2 Å². The monoisotopic (exact) mass is 244 g/mol. The quantitative estimate of drug-likeness (QED) is 0.899. The molecule has 3 rings (SSSR count). The van der Waals surface area contributed by atoms with E-state index in [-0.39, 0.29) is 6.04 Å². The standard InChI is InChI=1S/C14H16N2O2/c1-10(15)7-11-3-2-6-16(11)12-4-5-13-14(8-12)18-9-17-13/h2-6,8,10H,7,9,15H2,1H3. The summed E-state index contributed by atoms with van der Waals surface area (Å²) in [7, 11) is 0. The molecule has 4 nitrogen and oxygen atoms in total. The number of ether oxygens (including phenoxy) is 2. The van der Waals surface area contributed by atoms with Crippen LogP contribution in [0.1, 0.15) is 12.6 Å². The van der Waals surface area contributed by atoms with E-state index in [0.717, 1.165) is 23.6 Å². The number of rotatable bonds is 3. The predicted molar refractivity (Wildman–Crippen MR) is 69.2 cm³/mol. The molecular weight excluding hydrogens is 228 g/mol. The lowest BCUT2D eigenvalue weighted by atomic mass is 10.2. The number of aromatic nitrogens is 1. The highest BCUT2D eigenvalue weighted by Gasteiger charge is 2.14. The van der Waals surface area contributed by atoms with Gasteiger partial charge in [-0.1, -0.05) is 0 Å². The molecule has 0 amide bonds. The summed E-state index contributed by atoms with van der Waals surface area (Å²) < 4.78 is 12.8. The van der Waals surface area contributed by atoms with Crippen molar-refractivity contribution in [1.29, 1.82) is 0 Å². The molecule has 1 aromatic heterocycles.